The van der Waals surface area contributed by atoms with E-state index in [-0.39, 0.29) is 0 Å². The van der Waals surface area contributed by atoms with Crippen molar-refractivity contribution >= 4 is 29.0 Å². The Kier molecular flexibility index (Phi) is 4.42. The van der Waals surface area contributed by atoms with Crippen LogP contribution in [0.25, 0.3) is 0 Å². The lowest BCUT2D eigenvalue weighted by atomic mass is 10.3. The van der Waals surface area contributed by atoms with Gasteiger partial charge >= 0.3 is 0 Å². The summed E-state index contributed by atoms with van der Waals surface area (Å²) < 4.78 is 0. The van der Waals surface area contributed by atoms with Crippen LogP contribution in [0.15, 0.2) is 6.33 Å². The van der Waals surface area contributed by atoms with Gasteiger partial charge in [-0.05, 0) is 13.8 Å². The molecular formula is C9H13Cl2N3. The Hall–Kier alpha value is -0.540. The Labute approximate surface area is 94.1 Å². The van der Waals surface area contributed by atoms with Gasteiger partial charge in [-0.2, -0.15) is 0 Å². The van der Waals surface area contributed by atoms with Crippen molar-refractivity contribution in [2.75, 3.05) is 18.0 Å². The second-order valence-corrected chi connectivity index (χ2v) is 3.40. The largest absolute Gasteiger partial charge is 0.357 e. The molecule has 1 aromatic heterocycles. The first kappa shape index (κ1) is 11.5. The van der Waals surface area contributed by atoms with E-state index in [0.29, 0.717) is 11.0 Å². The maximum absolute atomic E-state index is 5.93. The first-order valence-electron chi connectivity index (χ1n) is 4.54. The van der Waals surface area contributed by atoms with Crippen LogP contribution in [0.1, 0.15) is 19.4 Å². The molecule has 1 heterocycles. The van der Waals surface area contributed by atoms with E-state index in [1.807, 2.05) is 0 Å². The van der Waals surface area contributed by atoms with Crippen molar-refractivity contribution in [3.8, 4) is 0 Å². The van der Waals surface area contributed by atoms with Crippen LogP contribution in [-0.4, -0.2) is 23.1 Å². The molecule has 0 bridgehead atoms. The maximum atomic E-state index is 5.93. The molecule has 0 fully saturated rings. The molecule has 0 atom stereocenters. The highest BCUT2D eigenvalue weighted by Gasteiger charge is 2.12. The molecule has 3 nitrogen and oxygen atoms in total. The summed E-state index contributed by atoms with van der Waals surface area (Å²) in [5.74, 6) is 1.18. The fraction of sp³-hybridized carbons (Fsp3) is 0.556. The first-order valence-corrected chi connectivity index (χ1v) is 5.46. The summed E-state index contributed by atoms with van der Waals surface area (Å²) in [4.78, 5) is 10.2. The topological polar surface area (TPSA) is 29.0 Å². The number of aromatic nitrogens is 2. The number of nitrogens with zero attached hydrogens (tertiary/aromatic N) is 3. The predicted molar refractivity (Wildman–Crippen MR) is 60.2 cm³/mol. The summed E-state index contributed by atoms with van der Waals surface area (Å²) in [6.07, 6.45) is 1.46. The van der Waals surface area contributed by atoms with Crippen LogP contribution in [0.3, 0.4) is 0 Å². The van der Waals surface area contributed by atoms with Crippen LogP contribution in [0.4, 0.5) is 5.82 Å². The van der Waals surface area contributed by atoms with Crippen LogP contribution in [0, 0.1) is 0 Å². The van der Waals surface area contributed by atoms with E-state index in [4.69, 9.17) is 23.2 Å². The fourth-order valence-electron chi connectivity index (χ4n) is 1.29. The van der Waals surface area contributed by atoms with Crippen LogP contribution in [-0.2, 0) is 5.88 Å². The Balaban J connectivity index is 3.11. The van der Waals surface area contributed by atoms with Gasteiger partial charge in [0.2, 0.25) is 0 Å². The smallest absolute Gasteiger partial charge is 0.138 e. The van der Waals surface area contributed by atoms with Crippen molar-refractivity contribution in [2.24, 2.45) is 0 Å². The molecule has 14 heavy (non-hydrogen) atoms. The van der Waals surface area contributed by atoms with Gasteiger partial charge in [-0.25, -0.2) is 9.97 Å². The molecule has 1 aromatic rings. The summed E-state index contributed by atoms with van der Waals surface area (Å²) >= 11 is 11.7. The third-order valence-electron chi connectivity index (χ3n) is 2.07. The maximum Gasteiger partial charge on any atom is 0.138 e. The molecule has 78 valence electrons. The normalized spacial score (nSPS) is 10.3. The summed E-state index contributed by atoms with van der Waals surface area (Å²) in [5.41, 5.74) is 0.805. The molecule has 0 saturated heterocycles. The van der Waals surface area contributed by atoms with Gasteiger partial charge in [0.25, 0.3) is 0 Å². The summed E-state index contributed by atoms with van der Waals surface area (Å²) in [6.45, 7) is 5.90. The summed E-state index contributed by atoms with van der Waals surface area (Å²) in [7, 11) is 0. The molecule has 0 spiro atoms. The van der Waals surface area contributed by atoms with E-state index in [9.17, 15) is 0 Å². The molecule has 0 N–H and O–H groups in total. The van der Waals surface area contributed by atoms with Gasteiger partial charge in [-0.1, -0.05) is 11.6 Å². The highest BCUT2D eigenvalue weighted by Crippen LogP contribution is 2.24. The quantitative estimate of drug-likeness (QED) is 0.592. The Morgan fingerprint density at radius 2 is 1.93 bits per heavy atom. The molecule has 0 amide bonds. The summed E-state index contributed by atoms with van der Waals surface area (Å²) in [5, 5.41) is 0.442. The molecule has 5 heteroatoms. The van der Waals surface area contributed by atoms with Crippen molar-refractivity contribution in [3.63, 3.8) is 0 Å². The Morgan fingerprint density at radius 1 is 1.29 bits per heavy atom. The molecule has 1 rings (SSSR count). The van der Waals surface area contributed by atoms with Crippen LogP contribution >= 0.6 is 23.2 Å². The van der Waals surface area contributed by atoms with E-state index < -0.39 is 0 Å². The van der Waals surface area contributed by atoms with Gasteiger partial charge in [0.05, 0.1) is 5.88 Å². The first-order chi connectivity index (χ1) is 6.74. The zero-order chi connectivity index (χ0) is 10.6. The average Bonchev–Trinajstić information content (AvgIpc) is 2.20. The number of anilines is 1. The van der Waals surface area contributed by atoms with Gasteiger partial charge in [0.1, 0.15) is 17.3 Å². The van der Waals surface area contributed by atoms with Crippen LogP contribution < -0.4 is 4.90 Å². The second-order valence-electron chi connectivity index (χ2n) is 2.77. The monoisotopic (exact) mass is 233 g/mol. The third kappa shape index (κ3) is 2.28. The molecule has 0 aromatic carbocycles. The van der Waals surface area contributed by atoms with Crippen molar-refractivity contribution in [1.29, 1.82) is 0 Å². The minimum atomic E-state index is 0.339. The third-order valence-corrected chi connectivity index (χ3v) is 2.66. The predicted octanol–water partition coefficient (Wildman–Crippen LogP) is 2.72. The van der Waals surface area contributed by atoms with Crippen LogP contribution in [0.2, 0.25) is 5.15 Å². The molecule has 0 unspecified atom stereocenters. The zero-order valence-electron chi connectivity index (χ0n) is 8.30. The molecule has 0 radical (unpaired) electrons. The van der Waals surface area contributed by atoms with Gasteiger partial charge in [-0.3, -0.25) is 0 Å². The standard InChI is InChI=1S/C9H13Cl2N3/c1-3-14(4-2)9-7(5-10)8(11)12-6-13-9/h6H,3-5H2,1-2H3. The average molecular weight is 234 g/mol. The zero-order valence-corrected chi connectivity index (χ0v) is 9.81. The van der Waals surface area contributed by atoms with E-state index in [1.165, 1.54) is 6.33 Å². The highest BCUT2D eigenvalue weighted by atomic mass is 35.5. The second kappa shape index (κ2) is 5.37. The molecule has 0 aliphatic heterocycles. The van der Waals surface area contributed by atoms with E-state index in [1.54, 1.807) is 0 Å². The summed E-state index contributed by atoms with van der Waals surface area (Å²) in [6, 6.07) is 0. The Morgan fingerprint density at radius 3 is 2.43 bits per heavy atom. The number of alkyl halides is 1. The molecule has 0 aliphatic rings. The van der Waals surface area contributed by atoms with E-state index in [0.717, 1.165) is 24.5 Å². The SMILES string of the molecule is CCN(CC)c1ncnc(Cl)c1CCl. The van der Waals surface area contributed by atoms with E-state index in [2.05, 4.69) is 28.7 Å². The molecular weight excluding hydrogens is 221 g/mol. The van der Waals surface area contributed by atoms with Gasteiger partial charge in [0, 0.05) is 18.7 Å². The molecule has 0 aliphatic carbocycles. The molecule has 0 saturated carbocycles. The van der Waals surface area contributed by atoms with Crippen molar-refractivity contribution < 1.29 is 0 Å². The van der Waals surface area contributed by atoms with E-state index >= 15 is 0 Å². The van der Waals surface area contributed by atoms with Gasteiger partial charge < -0.3 is 4.90 Å². The van der Waals surface area contributed by atoms with Crippen LogP contribution in [0.5, 0.6) is 0 Å². The highest BCUT2D eigenvalue weighted by molar-refractivity contribution is 6.31. The minimum Gasteiger partial charge on any atom is -0.357 e. The fourth-order valence-corrected chi connectivity index (χ4v) is 1.80. The number of halogens is 2. The minimum absolute atomic E-state index is 0.339. The number of hydrogen-bond donors (Lipinski definition) is 0. The van der Waals surface area contributed by atoms with Crippen molar-refractivity contribution in [2.45, 2.75) is 19.7 Å². The number of hydrogen-bond acceptors (Lipinski definition) is 3. The lowest BCUT2D eigenvalue weighted by molar-refractivity contribution is 0.833. The number of rotatable bonds is 4. The van der Waals surface area contributed by atoms with Crippen molar-refractivity contribution in [3.05, 3.63) is 17.0 Å². The lowest BCUT2D eigenvalue weighted by Gasteiger charge is -2.21. The van der Waals surface area contributed by atoms with Gasteiger partial charge in [-0.15, -0.1) is 11.6 Å². The van der Waals surface area contributed by atoms with Gasteiger partial charge in [0.15, 0.2) is 0 Å². The lowest BCUT2D eigenvalue weighted by Crippen LogP contribution is -2.24. The van der Waals surface area contributed by atoms with Crippen molar-refractivity contribution in [1.82, 2.24) is 9.97 Å². The Bertz CT molecular complexity index is 300.